The molecule has 26 heavy (non-hydrogen) atoms. The molecule has 2 aromatic carbocycles. The Hall–Kier alpha value is -1.61. The van der Waals surface area contributed by atoms with Gasteiger partial charge < -0.3 is 4.57 Å². The van der Waals surface area contributed by atoms with E-state index in [2.05, 4.69) is 76.0 Å². The zero-order valence-corrected chi connectivity index (χ0v) is 17.3. The molecular formula is C23H29BrN2. The smallest absolute Gasteiger partial charge is 0.141 e. The highest BCUT2D eigenvalue weighted by Crippen LogP contribution is 2.26. The summed E-state index contributed by atoms with van der Waals surface area (Å²) >= 11 is 3.53. The first-order valence-electron chi connectivity index (χ1n) is 10.0. The number of rotatable bonds is 10. The molecule has 0 aliphatic rings. The molecule has 3 rings (SSSR count). The number of benzene rings is 2. The van der Waals surface area contributed by atoms with Crippen molar-refractivity contribution in [2.24, 2.45) is 0 Å². The van der Waals surface area contributed by atoms with Crippen LogP contribution in [0, 0.1) is 0 Å². The van der Waals surface area contributed by atoms with Crippen molar-refractivity contribution in [3.05, 3.63) is 53.0 Å². The molecule has 0 saturated heterocycles. The molecule has 0 bridgehead atoms. The van der Waals surface area contributed by atoms with Gasteiger partial charge in [0.05, 0.1) is 11.0 Å². The van der Waals surface area contributed by atoms with Crippen LogP contribution in [0.15, 0.2) is 53.0 Å². The highest BCUT2D eigenvalue weighted by Gasteiger charge is 2.12. The van der Waals surface area contributed by atoms with Crippen molar-refractivity contribution in [1.29, 1.82) is 0 Å². The molecule has 0 unspecified atom stereocenters. The van der Waals surface area contributed by atoms with Crippen LogP contribution in [0.2, 0.25) is 0 Å². The van der Waals surface area contributed by atoms with Gasteiger partial charge in [0, 0.05) is 16.6 Å². The maximum absolute atomic E-state index is 4.91. The third kappa shape index (κ3) is 4.97. The van der Waals surface area contributed by atoms with E-state index >= 15 is 0 Å². The number of para-hydroxylation sites is 2. The van der Waals surface area contributed by atoms with E-state index in [1.54, 1.807) is 0 Å². The third-order valence-corrected chi connectivity index (χ3v) is 5.52. The Morgan fingerprint density at radius 2 is 1.46 bits per heavy atom. The van der Waals surface area contributed by atoms with Crippen LogP contribution in [-0.2, 0) is 6.54 Å². The number of unbranched alkanes of at least 4 members (excludes halogenated alkanes) is 7. The number of halogens is 1. The standard InChI is InChI=1S/C23H29BrN2/c1-2-3-4-5-6-7-8-11-18-26-22-13-10-9-12-21(22)25-23(26)19-14-16-20(24)17-15-19/h9-10,12-17H,2-8,11,18H2,1H3. The summed E-state index contributed by atoms with van der Waals surface area (Å²) in [6.07, 6.45) is 10.8. The monoisotopic (exact) mass is 412 g/mol. The summed E-state index contributed by atoms with van der Waals surface area (Å²) in [6, 6.07) is 17.0. The Bertz CT molecular complexity index is 805. The van der Waals surface area contributed by atoms with Gasteiger partial charge in [-0.1, -0.05) is 92.1 Å². The zero-order chi connectivity index (χ0) is 18.2. The highest BCUT2D eigenvalue weighted by molar-refractivity contribution is 9.10. The molecule has 0 aliphatic heterocycles. The fourth-order valence-corrected chi connectivity index (χ4v) is 3.79. The molecule has 0 amide bonds. The second-order valence-corrected chi connectivity index (χ2v) is 7.97. The summed E-state index contributed by atoms with van der Waals surface area (Å²) in [5.41, 5.74) is 3.52. The van der Waals surface area contributed by atoms with Gasteiger partial charge in [0.25, 0.3) is 0 Å². The number of imidazole rings is 1. The average Bonchev–Trinajstić information content (AvgIpc) is 3.03. The molecule has 0 fully saturated rings. The summed E-state index contributed by atoms with van der Waals surface area (Å²) in [6.45, 7) is 3.32. The van der Waals surface area contributed by atoms with Crippen LogP contribution in [0.1, 0.15) is 58.3 Å². The molecule has 0 saturated carbocycles. The summed E-state index contributed by atoms with van der Waals surface area (Å²) in [7, 11) is 0. The minimum atomic E-state index is 1.04. The Kier molecular flexibility index (Phi) is 7.31. The number of hydrogen-bond acceptors (Lipinski definition) is 1. The van der Waals surface area contributed by atoms with Gasteiger partial charge in [0.15, 0.2) is 0 Å². The van der Waals surface area contributed by atoms with Crippen LogP contribution in [-0.4, -0.2) is 9.55 Å². The number of aromatic nitrogens is 2. The van der Waals surface area contributed by atoms with Crippen molar-refractivity contribution in [2.75, 3.05) is 0 Å². The maximum atomic E-state index is 4.91. The highest BCUT2D eigenvalue weighted by atomic mass is 79.9. The number of fused-ring (bicyclic) bond motifs is 1. The van der Waals surface area contributed by atoms with Crippen molar-refractivity contribution >= 4 is 27.0 Å². The van der Waals surface area contributed by atoms with E-state index in [0.29, 0.717) is 0 Å². The van der Waals surface area contributed by atoms with Gasteiger partial charge >= 0.3 is 0 Å². The van der Waals surface area contributed by atoms with E-state index in [0.717, 1.165) is 22.4 Å². The minimum Gasteiger partial charge on any atom is -0.324 e. The Morgan fingerprint density at radius 3 is 2.19 bits per heavy atom. The van der Waals surface area contributed by atoms with E-state index < -0.39 is 0 Å². The van der Waals surface area contributed by atoms with E-state index in [4.69, 9.17) is 4.98 Å². The molecule has 0 atom stereocenters. The van der Waals surface area contributed by atoms with E-state index in [1.807, 2.05) is 0 Å². The SMILES string of the molecule is CCCCCCCCCCn1c(-c2ccc(Br)cc2)nc2ccccc21. The second-order valence-electron chi connectivity index (χ2n) is 7.06. The zero-order valence-electron chi connectivity index (χ0n) is 15.8. The lowest BCUT2D eigenvalue weighted by molar-refractivity contribution is 0.549. The average molecular weight is 413 g/mol. The normalized spacial score (nSPS) is 11.3. The van der Waals surface area contributed by atoms with Crippen molar-refractivity contribution in [3.63, 3.8) is 0 Å². The summed E-state index contributed by atoms with van der Waals surface area (Å²) in [4.78, 5) is 4.91. The predicted octanol–water partition coefficient (Wildman–Crippen LogP) is 7.61. The molecule has 3 aromatic rings. The lowest BCUT2D eigenvalue weighted by Crippen LogP contribution is -2.01. The first-order valence-corrected chi connectivity index (χ1v) is 10.8. The Morgan fingerprint density at radius 1 is 0.808 bits per heavy atom. The summed E-state index contributed by atoms with van der Waals surface area (Å²) in [5, 5.41) is 0. The third-order valence-electron chi connectivity index (χ3n) is 4.99. The van der Waals surface area contributed by atoms with Crippen LogP contribution in [0.3, 0.4) is 0 Å². The first kappa shape index (κ1) is 19.2. The van der Waals surface area contributed by atoms with E-state index in [-0.39, 0.29) is 0 Å². The van der Waals surface area contributed by atoms with E-state index in [1.165, 1.54) is 62.4 Å². The van der Waals surface area contributed by atoms with Gasteiger partial charge in [0.2, 0.25) is 0 Å². The first-order chi connectivity index (χ1) is 12.8. The number of aryl methyl sites for hydroxylation is 1. The summed E-state index contributed by atoms with van der Waals surface area (Å²) in [5.74, 6) is 1.08. The molecular weight excluding hydrogens is 384 g/mol. The fourth-order valence-electron chi connectivity index (χ4n) is 3.52. The van der Waals surface area contributed by atoms with Gasteiger partial charge in [-0.15, -0.1) is 0 Å². The molecule has 0 radical (unpaired) electrons. The van der Waals surface area contributed by atoms with Crippen LogP contribution >= 0.6 is 15.9 Å². The molecule has 138 valence electrons. The largest absolute Gasteiger partial charge is 0.324 e. The van der Waals surface area contributed by atoms with Gasteiger partial charge in [-0.25, -0.2) is 4.98 Å². The van der Waals surface area contributed by atoms with Crippen LogP contribution in [0.4, 0.5) is 0 Å². The quantitative estimate of drug-likeness (QED) is 0.313. The molecule has 2 nitrogen and oxygen atoms in total. The van der Waals surface area contributed by atoms with E-state index in [9.17, 15) is 0 Å². The van der Waals surface area contributed by atoms with Gasteiger partial charge in [-0.2, -0.15) is 0 Å². The van der Waals surface area contributed by atoms with Crippen LogP contribution < -0.4 is 0 Å². The van der Waals surface area contributed by atoms with Gasteiger partial charge in [-0.3, -0.25) is 0 Å². The topological polar surface area (TPSA) is 17.8 Å². The molecule has 1 aromatic heterocycles. The predicted molar refractivity (Wildman–Crippen MR) is 115 cm³/mol. The molecule has 0 aliphatic carbocycles. The second kappa shape index (κ2) is 9.91. The maximum Gasteiger partial charge on any atom is 0.141 e. The molecule has 0 spiro atoms. The molecule has 0 N–H and O–H groups in total. The van der Waals surface area contributed by atoms with Crippen molar-refractivity contribution in [1.82, 2.24) is 9.55 Å². The van der Waals surface area contributed by atoms with Crippen molar-refractivity contribution in [3.8, 4) is 11.4 Å². The van der Waals surface area contributed by atoms with Crippen LogP contribution in [0.25, 0.3) is 22.4 Å². The fraction of sp³-hybridized carbons (Fsp3) is 0.435. The minimum absolute atomic E-state index is 1.04. The Labute approximate surface area is 165 Å². The van der Waals surface area contributed by atoms with Crippen molar-refractivity contribution < 1.29 is 0 Å². The summed E-state index contributed by atoms with van der Waals surface area (Å²) < 4.78 is 3.50. The molecule has 1 heterocycles. The lowest BCUT2D eigenvalue weighted by atomic mass is 10.1. The van der Waals surface area contributed by atoms with Crippen molar-refractivity contribution in [2.45, 2.75) is 64.8 Å². The lowest BCUT2D eigenvalue weighted by Gasteiger charge is -2.10. The van der Waals surface area contributed by atoms with Gasteiger partial charge in [0.1, 0.15) is 5.82 Å². The Balaban J connectivity index is 1.66. The number of nitrogens with zero attached hydrogens (tertiary/aromatic N) is 2. The van der Waals surface area contributed by atoms with Gasteiger partial charge in [-0.05, 0) is 30.7 Å². The molecule has 3 heteroatoms. The number of hydrogen-bond donors (Lipinski definition) is 0. The van der Waals surface area contributed by atoms with Crippen LogP contribution in [0.5, 0.6) is 0 Å².